The van der Waals surface area contributed by atoms with E-state index < -0.39 is 0 Å². The fourth-order valence-electron chi connectivity index (χ4n) is 2.59. The van der Waals surface area contributed by atoms with E-state index in [9.17, 15) is 4.79 Å². The molecule has 0 saturated heterocycles. The van der Waals surface area contributed by atoms with Gasteiger partial charge in [-0.3, -0.25) is 4.79 Å². The van der Waals surface area contributed by atoms with Crippen molar-refractivity contribution in [1.82, 2.24) is 0 Å². The number of unbranched alkanes of at least 4 members (excludes halogenated alkanes) is 11. The molecular formula is C20H40O2. The van der Waals surface area contributed by atoms with Crippen molar-refractivity contribution in [3.63, 3.8) is 0 Å². The second-order valence-corrected chi connectivity index (χ2v) is 7.04. The number of rotatable bonds is 16. The fourth-order valence-corrected chi connectivity index (χ4v) is 2.59. The van der Waals surface area contributed by atoms with Crippen molar-refractivity contribution in [1.29, 1.82) is 0 Å². The molecule has 0 aliphatic heterocycles. The molecule has 132 valence electrons. The molecule has 0 unspecified atom stereocenters. The van der Waals surface area contributed by atoms with Gasteiger partial charge in [-0.1, -0.05) is 91.4 Å². The van der Waals surface area contributed by atoms with Crippen LogP contribution in [0.5, 0.6) is 0 Å². The zero-order valence-electron chi connectivity index (χ0n) is 15.5. The van der Waals surface area contributed by atoms with E-state index in [4.69, 9.17) is 4.74 Å². The summed E-state index contributed by atoms with van der Waals surface area (Å²) in [6, 6.07) is 0. The first-order chi connectivity index (χ1) is 10.7. The van der Waals surface area contributed by atoms with Crippen LogP contribution in [-0.4, -0.2) is 12.6 Å². The zero-order chi connectivity index (χ0) is 16.5. The van der Waals surface area contributed by atoms with Crippen molar-refractivity contribution in [2.24, 2.45) is 5.92 Å². The van der Waals surface area contributed by atoms with Crippen LogP contribution in [0.25, 0.3) is 0 Å². The standard InChI is InChI=1S/C20H40O2/c1-4-5-6-7-8-9-10-11-12-13-14-15-16-20(21)22-18-17-19(2)3/h19H,4-18H2,1-3H3. The highest BCUT2D eigenvalue weighted by atomic mass is 16.5. The summed E-state index contributed by atoms with van der Waals surface area (Å²) in [6.07, 6.45) is 17.5. The number of ether oxygens (including phenoxy) is 1. The Bertz CT molecular complexity index is 236. The maximum atomic E-state index is 11.5. The van der Waals surface area contributed by atoms with E-state index in [0.717, 1.165) is 12.8 Å². The van der Waals surface area contributed by atoms with E-state index in [-0.39, 0.29) is 5.97 Å². The molecule has 2 nitrogen and oxygen atoms in total. The van der Waals surface area contributed by atoms with Gasteiger partial charge in [0.15, 0.2) is 0 Å². The molecule has 0 aromatic carbocycles. The zero-order valence-corrected chi connectivity index (χ0v) is 15.5. The first-order valence-electron chi connectivity index (χ1n) is 9.82. The van der Waals surface area contributed by atoms with Crippen molar-refractivity contribution in [2.75, 3.05) is 6.61 Å². The van der Waals surface area contributed by atoms with Crippen molar-refractivity contribution in [3.05, 3.63) is 0 Å². The highest BCUT2D eigenvalue weighted by molar-refractivity contribution is 5.69. The quantitative estimate of drug-likeness (QED) is 0.235. The lowest BCUT2D eigenvalue weighted by molar-refractivity contribution is -0.144. The molecule has 0 rings (SSSR count). The summed E-state index contributed by atoms with van der Waals surface area (Å²) in [6.45, 7) is 7.16. The molecule has 0 aliphatic carbocycles. The third-order valence-corrected chi connectivity index (χ3v) is 4.19. The van der Waals surface area contributed by atoms with Crippen LogP contribution in [0.4, 0.5) is 0 Å². The largest absolute Gasteiger partial charge is 0.466 e. The molecule has 0 saturated carbocycles. The minimum absolute atomic E-state index is 0.00673. The van der Waals surface area contributed by atoms with E-state index in [1.165, 1.54) is 70.6 Å². The molecule has 0 aromatic heterocycles. The SMILES string of the molecule is CCCCCCCCCCCCCCC(=O)OCCC(C)C. The predicted octanol–water partition coefficient (Wildman–Crippen LogP) is 6.67. The molecule has 0 heterocycles. The summed E-state index contributed by atoms with van der Waals surface area (Å²) < 4.78 is 5.21. The minimum atomic E-state index is -0.00673. The maximum absolute atomic E-state index is 11.5. The monoisotopic (exact) mass is 312 g/mol. The Hall–Kier alpha value is -0.530. The van der Waals surface area contributed by atoms with Crippen LogP contribution in [-0.2, 0) is 9.53 Å². The van der Waals surface area contributed by atoms with Crippen LogP contribution >= 0.6 is 0 Å². The van der Waals surface area contributed by atoms with Gasteiger partial charge in [0, 0.05) is 6.42 Å². The molecule has 2 heteroatoms. The topological polar surface area (TPSA) is 26.3 Å². The van der Waals surface area contributed by atoms with E-state index >= 15 is 0 Å². The molecule has 0 spiro atoms. The average Bonchev–Trinajstić information content (AvgIpc) is 2.48. The van der Waals surface area contributed by atoms with Crippen LogP contribution in [0.2, 0.25) is 0 Å². The van der Waals surface area contributed by atoms with Gasteiger partial charge in [-0.25, -0.2) is 0 Å². The molecule has 0 aliphatic rings. The number of hydrogen-bond donors (Lipinski definition) is 0. The lowest BCUT2D eigenvalue weighted by Gasteiger charge is -2.06. The van der Waals surface area contributed by atoms with Crippen LogP contribution in [0.15, 0.2) is 0 Å². The van der Waals surface area contributed by atoms with Gasteiger partial charge in [0.1, 0.15) is 0 Å². The first-order valence-corrected chi connectivity index (χ1v) is 9.82. The van der Waals surface area contributed by atoms with E-state index in [1.54, 1.807) is 0 Å². The third-order valence-electron chi connectivity index (χ3n) is 4.19. The Balaban J connectivity index is 3.12. The molecule has 0 bridgehead atoms. The molecule has 0 aromatic rings. The van der Waals surface area contributed by atoms with Gasteiger partial charge < -0.3 is 4.74 Å². The normalized spacial score (nSPS) is 11.1. The summed E-state index contributed by atoms with van der Waals surface area (Å²) in [5.74, 6) is 0.604. The molecule has 0 fully saturated rings. The van der Waals surface area contributed by atoms with E-state index in [1.807, 2.05) is 0 Å². The smallest absolute Gasteiger partial charge is 0.305 e. The second kappa shape index (κ2) is 16.8. The number of esters is 1. The van der Waals surface area contributed by atoms with Crippen LogP contribution < -0.4 is 0 Å². The number of hydrogen-bond acceptors (Lipinski definition) is 2. The molecule has 0 radical (unpaired) electrons. The van der Waals surface area contributed by atoms with Gasteiger partial charge in [0.25, 0.3) is 0 Å². The van der Waals surface area contributed by atoms with Crippen LogP contribution in [0.1, 0.15) is 111 Å². The number of carbonyl (C=O) groups is 1. The Morgan fingerprint density at radius 3 is 1.68 bits per heavy atom. The number of carbonyl (C=O) groups excluding carboxylic acids is 1. The van der Waals surface area contributed by atoms with Crippen molar-refractivity contribution < 1.29 is 9.53 Å². The Morgan fingerprint density at radius 1 is 0.773 bits per heavy atom. The molecule has 0 amide bonds. The fraction of sp³-hybridized carbons (Fsp3) is 0.950. The van der Waals surface area contributed by atoms with Gasteiger partial charge >= 0.3 is 5.97 Å². The van der Waals surface area contributed by atoms with Gasteiger partial charge in [-0.2, -0.15) is 0 Å². The van der Waals surface area contributed by atoms with Gasteiger partial charge in [-0.15, -0.1) is 0 Å². The van der Waals surface area contributed by atoms with Crippen molar-refractivity contribution in [2.45, 2.75) is 111 Å². The highest BCUT2D eigenvalue weighted by Gasteiger charge is 2.03. The Morgan fingerprint density at radius 2 is 1.23 bits per heavy atom. The van der Waals surface area contributed by atoms with E-state index in [2.05, 4.69) is 20.8 Å². The molecular weight excluding hydrogens is 272 g/mol. The summed E-state index contributed by atoms with van der Waals surface area (Å²) in [5, 5.41) is 0. The minimum Gasteiger partial charge on any atom is -0.466 e. The molecule has 0 atom stereocenters. The first kappa shape index (κ1) is 21.5. The van der Waals surface area contributed by atoms with Crippen LogP contribution in [0.3, 0.4) is 0 Å². The predicted molar refractivity (Wildman–Crippen MR) is 96.1 cm³/mol. The summed E-state index contributed by atoms with van der Waals surface area (Å²) in [7, 11) is 0. The molecule has 0 N–H and O–H groups in total. The third kappa shape index (κ3) is 17.5. The summed E-state index contributed by atoms with van der Waals surface area (Å²) in [5.41, 5.74) is 0. The van der Waals surface area contributed by atoms with Crippen molar-refractivity contribution in [3.8, 4) is 0 Å². The Labute approximate surface area is 139 Å². The summed E-state index contributed by atoms with van der Waals surface area (Å²) >= 11 is 0. The van der Waals surface area contributed by atoms with Gasteiger partial charge in [0.2, 0.25) is 0 Å². The summed E-state index contributed by atoms with van der Waals surface area (Å²) in [4.78, 5) is 11.5. The second-order valence-electron chi connectivity index (χ2n) is 7.04. The van der Waals surface area contributed by atoms with Gasteiger partial charge in [0.05, 0.1) is 6.61 Å². The molecule has 22 heavy (non-hydrogen) atoms. The van der Waals surface area contributed by atoms with Gasteiger partial charge in [-0.05, 0) is 18.8 Å². The maximum Gasteiger partial charge on any atom is 0.305 e. The van der Waals surface area contributed by atoms with Crippen molar-refractivity contribution >= 4 is 5.97 Å². The van der Waals surface area contributed by atoms with E-state index in [0.29, 0.717) is 18.9 Å². The Kier molecular flexibility index (Phi) is 16.4. The lowest BCUT2D eigenvalue weighted by Crippen LogP contribution is -2.07. The average molecular weight is 313 g/mol. The lowest BCUT2D eigenvalue weighted by atomic mass is 10.0. The highest BCUT2D eigenvalue weighted by Crippen LogP contribution is 2.12. The van der Waals surface area contributed by atoms with Crippen LogP contribution in [0, 0.1) is 5.92 Å².